The number of hydrogen-bond acceptors (Lipinski definition) is 3. The predicted molar refractivity (Wildman–Crippen MR) is 114 cm³/mol. The van der Waals surface area contributed by atoms with Gasteiger partial charge in [-0.2, -0.15) is 0 Å². The molecule has 3 aromatic carbocycles. The van der Waals surface area contributed by atoms with Gasteiger partial charge < -0.3 is 10.4 Å². The minimum absolute atomic E-state index is 0.0662. The number of anilines is 1. The summed E-state index contributed by atoms with van der Waals surface area (Å²) in [7, 11) is 0. The minimum atomic E-state index is -1.17. The fourth-order valence-corrected chi connectivity index (χ4v) is 3.44. The summed E-state index contributed by atoms with van der Waals surface area (Å²) in [4.78, 5) is 28.4. The number of halogens is 1. The van der Waals surface area contributed by atoms with Crippen molar-refractivity contribution in [1.82, 2.24) is 4.98 Å². The van der Waals surface area contributed by atoms with Crippen LogP contribution in [0.5, 0.6) is 0 Å². The van der Waals surface area contributed by atoms with Gasteiger partial charge in [0, 0.05) is 23.3 Å². The molecule has 1 aromatic heterocycles. The second-order valence-corrected chi connectivity index (χ2v) is 6.81. The van der Waals surface area contributed by atoms with E-state index in [4.69, 9.17) is 11.6 Å². The van der Waals surface area contributed by atoms with Crippen molar-refractivity contribution in [3.05, 3.63) is 95.3 Å². The number of carboxylic acid groups (broad SMARTS) is 1. The summed E-state index contributed by atoms with van der Waals surface area (Å²) in [6, 6.07) is 19.4. The Hall–Kier alpha value is -3.70. The van der Waals surface area contributed by atoms with Gasteiger partial charge in [0.25, 0.3) is 5.91 Å². The van der Waals surface area contributed by atoms with Crippen LogP contribution in [0.1, 0.15) is 20.7 Å². The van der Waals surface area contributed by atoms with Gasteiger partial charge in [-0.15, -0.1) is 0 Å². The van der Waals surface area contributed by atoms with E-state index >= 15 is 0 Å². The SMILES string of the molecule is O=C(Nc1c(Cl)cccc1C(=O)O)c1cccc(-c2cccc3cnccc23)c1. The molecule has 29 heavy (non-hydrogen) atoms. The molecular weight excluding hydrogens is 388 g/mol. The van der Waals surface area contributed by atoms with Crippen molar-refractivity contribution in [3.63, 3.8) is 0 Å². The number of nitrogens with one attached hydrogen (secondary N) is 1. The highest BCUT2D eigenvalue weighted by molar-refractivity contribution is 6.34. The number of aromatic carboxylic acids is 1. The number of fused-ring (bicyclic) bond motifs is 1. The molecule has 4 rings (SSSR count). The Morgan fingerprint density at radius 1 is 0.966 bits per heavy atom. The number of rotatable bonds is 4. The summed E-state index contributed by atoms with van der Waals surface area (Å²) in [5.74, 6) is -1.61. The van der Waals surface area contributed by atoms with E-state index in [0.717, 1.165) is 21.9 Å². The molecule has 0 bridgehead atoms. The van der Waals surface area contributed by atoms with Crippen LogP contribution in [0, 0.1) is 0 Å². The zero-order valence-electron chi connectivity index (χ0n) is 15.1. The maximum atomic E-state index is 12.8. The van der Waals surface area contributed by atoms with Crippen LogP contribution < -0.4 is 5.32 Å². The van der Waals surface area contributed by atoms with Gasteiger partial charge in [0.1, 0.15) is 0 Å². The Kier molecular flexibility index (Phi) is 4.97. The molecule has 0 aliphatic heterocycles. The first-order valence-corrected chi connectivity index (χ1v) is 9.19. The summed E-state index contributed by atoms with van der Waals surface area (Å²) in [6.45, 7) is 0. The first-order valence-electron chi connectivity index (χ1n) is 8.81. The molecule has 0 atom stereocenters. The van der Waals surface area contributed by atoms with E-state index in [0.29, 0.717) is 5.56 Å². The fourth-order valence-electron chi connectivity index (χ4n) is 3.22. The molecule has 0 saturated heterocycles. The minimum Gasteiger partial charge on any atom is -0.478 e. The van der Waals surface area contributed by atoms with Crippen LogP contribution in [-0.2, 0) is 0 Å². The van der Waals surface area contributed by atoms with Crippen LogP contribution in [0.25, 0.3) is 21.9 Å². The third kappa shape index (κ3) is 3.68. The lowest BCUT2D eigenvalue weighted by molar-refractivity contribution is 0.0698. The number of carbonyl (C=O) groups is 2. The monoisotopic (exact) mass is 402 g/mol. The Morgan fingerprint density at radius 3 is 2.59 bits per heavy atom. The third-order valence-corrected chi connectivity index (χ3v) is 4.91. The van der Waals surface area contributed by atoms with Crippen LogP contribution in [0.2, 0.25) is 5.02 Å². The molecule has 1 amide bonds. The summed E-state index contributed by atoms with van der Waals surface area (Å²) < 4.78 is 0. The molecule has 1 heterocycles. The van der Waals surface area contributed by atoms with Crippen LogP contribution in [-0.4, -0.2) is 22.0 Å². The average molecular weight is 403 g/mol. The highest BCUT2D eigenvalue weighted by Gasteiger charge is 2.17. The van der Waals surface area contributed by atoms with E-state index in [1.165, 1.54) is 18.2 Å². The normalized spacial score (nSPS) is 10.7. The second kappa shape index (κ2) is 7.73. The Bertz CT molecular complexity index is 1250. The fraction of sp³-hybridized carbons (Fsp3) is 0. The van der Waals surface area contributed by atoms with Gasteiger partial charge in [0.05, 0.1) is 16.3 Å². The molecule has 6 heteroatoms. The van der Waals surface area contributed by atoms with Crippen LogP contribution >= 0.6 is 11.6 Å². The van der Waals surface area contributed by atoms with Gasteiger partial charge >= 0.3 is 5.97 Å². The van der Waals surface area contributed by atoms with Crippen molar-refractivity contribution in [3.8, 4) is 11.1 Å². The molecule has 5 nitrogen and oxygen atoms in total. The summed E-state index contributed by atoms with van der Waals surface area (Å²) in [5.41, 5.74) is 2.25. The first kappa shape index (κ1) is 18.7. The number of benzene rings is 3. The number of carboxylic acids is 1. The smallest absolute Gasteiger partial charge is 0.337 e. The van der Waals surface area contributed by atoms with Crippen molar-refractivity contribution in [2.75, 3.05) is 5.32 Å². The molecular formula is C23H15ClN2O3. The molecule has 0 spiro atoms. The molecule has 0 fully saturated rings. The van der Waals surface area contributed by atoms with Gasteiger partial charge in [0.2, 0.25) is 0 Å². The molecule has 0 saturated carbocycles. The number of hydrogen-bond donors (Lipinski definition) is 2. The quantitative estimate of drug-likeness (QED) is 0.472. The summed E-state index contributed by atoms with van der Waals surface area (Å²) in [5, 5.41) is 14.2. The van der Waals surface area contributed by atoms with E-state index in [9.17, 15) is 14.7 Å². The molecule has 0 aliphatic rings. The van der Waals surface area contributed by atoms with Crippen molar-refractivity contribution in [2.24, 2.45) is 0 Å². The Balaban J connectivity index is 1.72. The lowest BCUT2D eigenvalue weighted by Gasteiger charge is -2.12. The standard InChI is InChI=1S/C23H15ClN2O3/c24-20-9-3-8-19(23(28)29)21(20)26-22(27)15-5-1-4-14(12-15)17-7-2-6-16-13-25-11-10-18(16)17/h1-13H,(H,26,27)(H,28,29). The zero-order valence-corrected chi connectivity index (χ0v) is 15.9. The van der Waals surface area contributed by atoms with Crippen molar-refractivity contribution < 1.29 is 14.7 Å². The van der Waals surface area contributed by atoms with Crippen molar-refractivity contribution >= 4 is 39.9 Å². The summed E-state index contributed by atoms with van der Waals surface area (Å²) >= 11 is 6.11. The number of pyridine rings is 1. The molecule has 4 aromatic rings. The Morgan fingerprint density at radius 2 is 1.76 bits per heavy atom. The maximum absolute atomic E-state index is 12.8. The van der Waals surface area contributed by atoms with Gasteiger partial charge in [0.15, 0.2) is 0 Å². The van der Waals surface area contributed by atoms with Gasteiger partial charge in [-0.3, -0.25) is 9.78 Å². The number of para-hydroxylation sites is 1. The van der Waals surface area contributed by atoms with Gasteiger partial charge in [-0.1, -0.05) is 48.0 Å². The number of nitrogens with zero attached hydrogens (tertiary/aromatic N) is 1. The number of carbonyl (C=O) groups excluding carboxylic acids is 1. The third-order valence-electron chi connectivity index (χ3n) is 4.60. The first-order chi connectivity index (χ1) is 14.0. The number of aromatic nitrogens is 1. The molecule has 0 aliphatic carbocycles. The van der Waals surface area contributed by atoms with E-state index in [-0.39, 0.29) is 16.3 Å². The molecule has 0 radical (unpaired) electrons. The highest BCUT2D eigenvalue weighted by atomic mass is 35.5. The van der Waals surface area contributed by atoms with E-state index < -0.39 is 11.9 Å². The van der Waals surface area contributed by atoms with E-state index in [2.05, 4.69) is 10.3 Å². The van der Waals surface area contributed by atoms with E-state index in [1.54, 1.807) is 30.6 Å². The van der Waals surface area contributed by atoms with Gasteiger partial charge in [-0.05, 0) is 46.8 Å². The lowest BCUT2D eigenvalue weighted by Crippen LogP contribution is -2.15. The summed E-state index contributed by atoms with van der Waals surface area (Å²) in [6.07, 6.45) is 3.52. The molecule has 142 valence electrons. The zero-order chi connectivity index (χ0) is 20.4. The van der Waals surface area contributed by atoms with Crippen molar-refractivity contribution in [1.29, 1.82) is 0 Å². The second-order valence-electron chi connectivity index (χ2n) is 6.40. The number of amides is 1. The molecule has 0 unspecified atom stereocenters. The van der Waals surface area contributed by atoms with Crippen LogP contribution in [0.4, 0.5) is 5.69 Å². The van der Waals surface area contributed by atoms with Gasteiger partial charge in [-0.25, -0.2) is 4.79 Å². The topological polar surface area (TPSA) is 79.3 Å². The Labute approximate surface area is 171 Å². The largest absolute Gasteiger partial charge is 0.478 e. The highest BCUT2D eigenvalue weighted by Crippen LogP contribution is 2.30. The maximum Gasteiger partial charge on any atom is 0.337 e. The van der Waals surface area contributed by atoms with Crippen LogP contribution in [0.15, 0.2) is 79.1 Å². The predicted octanol–water partition coefficient (Wildman–Crippen LogP) is 5.51. The average Bonchev–Trinajstić information content (AvgIpc) is 2.74. The van der Waals surface area contributed by atoms with Crippen molar-refractivity contribution in [2.45, 2.75) is 0 Å². The lowest BCUT2D eigenvalue weighted by atomic mass is 9.98. The van der Waals surface area contributed by atoms with Crippen LogP contribution in [0.3, 0.4) is 0 Å². The molecule has 2 N–H and O–H groups in total. The van der Waals surface area contributed by atoms with E-state index in [1.807, 2.05) is 30.3 Å².